The molecule has 1 heterocycles. The van der Waals surface area contributed by atoms with Crippen LogP contribution in [0.3, 0.4) is 0 Å². The molecule has 0 saturated carbocycles. The van der Waals surface area contributed by atoms with Crippen molar-refractivity contribution >= 4 is 28.2 Å². The van der Waals surface area contributed by atoms with Gasteiger partial charge in [-0.05, 0) is 59.9 Å². The van der Waals surface area contributed by atoms with Crippen molar-refractivity contribution in [3.8, 4) is 0 Å². The van der Waals surface area contributed by atoms with Gasteiger partial charge in [-0.15, -0.1) is 0 Å². The lowest BCUT2D eigenvalue weighted by Gasteiger charge is -2.14. The van der Waals surface area contributed by atoms with Crippen molar-refractivity contribution in [2.45, 2.75) is 39.4 Å². The largest absolute Gasteiger partial charge is 0.419 e. The highest BCUT2D eigenvalue weighted by atomic mass is 19.4. The van der Waals surface area contributed by atoms with E-state index in [9.17, 15) is 17.6 Å². The summed E-state index contributed by atoms with van der Waals surface area (Å²) in [5.74, 6) is -0.860. The topological polar surface area (TPSA) is 29.9 Å². The van der Waals surface area contributed by atoms with Crippen LogP contribution in [-0.2, 0) is 19.1 Å². The van der Waals surface area contributed by atoms with Crippen molar-refractivity contribution in [3.05, 3.63) is 95.3 Å². The first kappa shape index (κ1) is 23.5. The molecule has 176 valence electrons. The van der Waals surface area contributed by atoms with E-state index in [4.69, 9.17) is 4.98 Å². The molecule has 0 aliphatic rings. The fourth-order valence-corrected chi connectivity index (χ4v) is 3.85. The molecule has 0 saturated heterocycles. The molecule has 0 aliphatic carbocycles. The van der Waals surface area contributed by atoms with E-state index < -0.39 is 17.6 Å². The summed E-state index contributed by atoms with van der Waals surface area (Å²) in [4.78, 5) is 4.69. The SMILES string of the molecule is C=C(CC)c1ccc2c(c1)nc(Nc1ccc(CC)cc1)n2Cc1cccc(C(F)(F)F)c1F. The third kappa shape index (κ3) is 4.69. The normalized spacial score (nSPS) is 11.7. The predicted molar refractivity (Wildman–Crippen MR) is 129 cm³/mol. The van der Waals surface area contributed by atoms with Crippen LogP contribution in [0, 0.1) is 5.82 Å². The van der Waals surface area contributed by atoms with E-state index in [1.165, 1.54) is 17.7 Å². The molecular weight excluding hydrogens is 442 g/mol. The Morgan fingerprint density at radius 2 is 1.76 bits per heavy atom. The average Bonchev–Trinajstić information content (AvgIpc) is 3.15. The van der Waals surface area contributed by atoms with Crippen LogP contribution >= 0.6 is 0 Å². The monoisotopic (exact) mass is 467 g/mol. The van der Waals surface area contributed by atoms with Crippen molar-refractivity contribution in [1.82, 2.24) is 9.55 Å². The second-order valence-corrected chi connectivity index (χ2v) is 8.13. The number of anilines is 2. The summed E-state index contributed by atoms with van der Waals surface area (Å²) in [6, 6.07) is 16.8. The summed E-state index contributed by atoms with van der Waals surface area (Å²) >= 11 is 0. The Morgan fingerprint density at radius 3 is 2.41 bits per heavy atom. The van der Waals surface area contributed by atoms with Gasteiger partial charge < -0.3 is 9.88 Å². The van der Waals surface area contributed by atoms with Crippen LogP contribution in [0.5, 0.6) is 0 Å². The van der Waals surface area contributed by atoms with E-state index in [1.54, 1.807) is 4.57 Å². The molecule has 3 nitrogen and oxygen atoms in total. The van der Waals surface area contributed by atoms with Crippen LogP contribution in [0.25, 0.3) is 16.6 Å². The molecule has 4 aromatic rings. The molecule has 3 aromatic carbocycles. The van der Waals surface area contributed by atoms with Gasteiger partial charge in [0, 0.05) is 11.3 Å². The number of rotatable bonds is 7. The van der Waals surface area contributed by atoms with Crippen LogP contribution in [0.2, 0.25) is 0 Å². The fraction of sp³-hybridized carbons (Fsp3) is 0.222. The second kappa shape index (κ2) is 9.33. The van der Waals surface area contributed by atoms with E-state index in [0.717, 1.165) is 35.7 Å². The van der Waals surface area contributed by atoms with Crippen LogP contribution < -0.4 is 5.32 Å². The van der Waals surface area contributed by atoms with Crippen molar-refractivity contribution in [3.63, 3.8) is 0 Å². The fourth-order valence-electron chi connectivity index (χ4n) is 3.85. The summed E-state index contributed by atoms with van der Waals surface area (Å²) in [6.45, 7) is 8.02. The number of aromatic nitrogens is 2. The standard InChI is InChI=1S/C27H25F4N3/c1-4-17(3)19-11-14-24-23(15-19)33-26(32-21-12-9-18(5-2)10-13-21)34(24)16-20-7-6-8-22(25(20)28)27(29,30)31/h6-15H,3-5,16H2,1-2H3,(H,32,33). The van der Waals surface area contributed by atoms with Gasteiger partial charge in [0.25, 0.3) is 0 Å². The minimum absolute atomic E-state index is 0.0689. The number of fused-ring (bicyclic) bond motifs is 1. The van der Waals surface area contributed by atoms with Crippen molar-refractivity contribution < 1.29 is 17.6 Å². The molecule has 0 unspecified atom stereocenters. The third-order valence-electron chi connectivity index (χ3n) is 5.91. The summed E-state index contributed by atoms with van der Waals surface area (Å²) in [7, 11) is 0. The van der Waals surface area contributed by atoms with Gasteiger partial charge in [-0.25, -0.2) is 9.37 Å². The Kier molecular flexibility index (Phi) is 6.46. The lowest BCUT2D eigenvalue weighted by Crippen LogP contribution is -2.12. The molecule has 0 spiro atoms. The van der Waals surface area contributed by atoms with Crippen molar-refractivity contribution in [2.75, 3.05) is 5.32 Å². The van der Waals surface area contributed by atoms with Crippen molar-refractivity contribution in [2.24, 2.45) is 0 Å². The highest BCUT2D eigenvalue weighted by molar-refractivity contribution is 5.84. The molecule has 1 aromatic heterocycles. The number of nitrogens with one attached hydrogen (secondary N) is 1. The van der Waals surface area contributed by atoms with Crippen LogP contribution in [-0.4, -0.2) is 9.55 Å². The van der Waals surface area contributed by atoms with Crippen molar-refractivity contribution in [1.29, 1.82) is 0 Å². The number of alkyl halides is 3. The lowest BCUT2D eigenvalue weighted by molar-refractivity contribution is -0.140. The van der Waals surface area contributed by atoms with Crippen LogP contribution in [0.4, 0.5) is 29.2 Å². The number of allylic oxidation sites excluding steroid dienone is 1. The van der Waals surface area contributed by atoms with Crippen LogP contribution in [0.1, 0.15) is 42.5 Å². The molecule has 0 aliphatic heterocycles. The maximum atomic E-state index is 14.8. The molecular formula is C27H25F4N3. The molecule has 34 heavy (non-hydrogen) atoms. The summed E-state index contributed by atoms with van der Waals surface area (Å²) < 4.78 is 56.3. The molecule has 1 N–H and O–H groups in total. The maximum absolute atomic E-state index is 14.8. The molecule has 0 fully saturated rings. The summed E-state index contributed by atoms with van der Waals surface area (Å²) in [5, 5.41) is 3.25. The molecule has 7 heteroatoms. The molecule has 0 radical (unpaired) electrons. The van der Waals surface area contributed by atoms with Gasteiger partial charge in [-0.3, -0.25) is 0 Å². The average molecular weight is 468 g/mol. The number of aryl methyl sites for hydroxylation is 1. The zero-order chi connectivity index (χ0) is 24.5. The predicted octanol–water partition coefficient (Wildman–Crippen LogP) is 7.97. The van der Waals surface area contributed by atoms with Gasteiger partial charge in [0.15, 0.2) is 0 Å². The number of benzene rings is 3. The van der Waals surface area contributed by atoms with Gasteiger partial charge in [0.1, 0.15) is 5.82 Å². The first-order chi connectivity index (χ1) is 16.2. The van der Waals surface area contributed by atoms with Gasteiger partial charge in [0.05, 0.1) is 23.1 Å². The van der Waals surface area contributed by atoms with Gasteiger partial charge in [-0.1, -0.05) is 50.8 Å². The number of hydrogen-bond acceptors (Lipinski definition) is 2. The maximum Gasteiger partial charge on any atom is 0.419 e. The first-order valence-electron chi connectivity index (χ1n) is 11.1. The van der Waals surface area contributed by atoms with E-state index in [1.807, 2.05) is 49.4 Å². The molecule has 4 rings (SSSR count). The Bertz CT molecular complexity index is 1330. The van der Waals surface area contributed by atoms with E-state index in [-0.39, 0.29) is 12.1 Å². The highest BCUT2D eigenvalue weighted by Crippen LogP contribution is 2.34. The Labute approximate surface area is 195 Å². The molecule has 0 atom stereocenters. The first-order valence-corrected chi connectivity index (χ1v) is 11.1. The minimum atomic E-state index is -4.77. The number of hydrogen-bond donors (Lipinski definition) is 1. The van der Waals surface area contributed by atoms with Gasteiger partial charge in [-0.2, -0.15) is 13.2 Å². The quantitative estimate of drug-likeness (QED) is 0.279. The Balaban J connectivity index is 1.81. The van der Waals surface area contributed by atoms with Crippen LogP contribution in [0.15, 0.2) is 67.2 Å². The third-order valence-corrected chi connectivity index (χ3v) is 5.91. The number of nitrogens with zero attached hydrogens (tertiary/aromatic N) is 2. The number of halogens is 4. The second-order valence-electron chi connectivity index (χ2n) is 8.13. The highest BCUT2D eigenvalue weighted by Gasteiger charge is 2.34. The summed E-state index contributed by atoms with van der Waals surface area (Å²) in [6.07, 6.45) is -3.09. The molecule has 0 amide bonds. The number of imidazole rings is 1. The Morgan fingerprint density at radius 1 is 1.03 bits per heavy atom. The Hall–Kier alpha value is -3.61. The van der Waals surface area contributed by atoms with Gasteiger partial charge in [0.2, 0.25) is 5.95 Å². The minimum Gasteiger partial charge on any atom is -0.326 e. The zero-order valence-electron chi connectivity index (χ0n) is 19.0. The van der Waals surface area contributed by atoms with E-state index in [0.29, 0.717) is 17.0 Å². The zero-order valence-corrected chi connectivity index (χ0v) is 19.0. The summed E-state index contributed by atoms with van der Waals surface area (Å²) in [5.41, 5.74) is 3.81. The van der Waals surface area contributed by atoms with E-state index in [2.05, 4.69) is 18.8 Å². The van der Waals surface area contributed by atoms with Gasteiger partial charge >= 0.3 is 6.18 Å². The molecule has 0 bridgehead atoms. The van der Waals surface area contributed by atoms with E-state index >= 15 is 0 Å². The lowest BCUT2D eigenvalue weighted by atomic mass is 10.0. The smallest absolute Gasteiger partial charge is 0.326 e.